The van der Waals surface area contributed by atoms with E-state index in [9.17, 15) is 0 Å². The average molecular weight is 229 g/mol. The molecule has 2 aromatic rings. The van der Waals surface area contributed by atoms with Gasteiger partial charge in [0.05, 0.1) is 11.3 Å². The van der Waals surface area contributed by atoms with Crippen molar-refractivity contribution in [3.63, 3.8) is 0 Å². The summed E-state index contributed by atoms with van der Waals surface area (Å²) < 4.78 is 5.12. The van der Waals surface area contributed by atoms with Gasteiger partial charge in [0.2, 0.25) is 5.88 Å². The third-order valence-electron chi connectivity index (χ3n) is 3.45. The highest BCUT2D eigenvalue weighted by Gasteiger charge is 2.23. The van der Waals surface area contributed by atoms with E-state index in [1.54, 1.807) is 12.4 Å². The van der Waals surface area contributed by atoms with Crippen LogP contribution in [0.5, 0.6) is 0 Å². The maximum absolute atomic E-state index is 5.85. The Labute approximate surface area is 99.8 Å². The molecule has 3 rings (SSSR count). The van der Waals surface area contributed by atoms with Gasteiger partial charge in [-0.25, -0.2) is 0 Å². The lowest BCUT2D eigenvalue weighted by Crippen LogP contribution is -2.14. The van der Waals surface area contributed by atoms with E-state index in [0.717, 1.165) is 29.2 Å². The normalized spacial score (nSPS) is 15.8. The van der Waals surface area contributed by atoms with Crippen molar-refractivity contribution in [1.82, 2.24) is 10.1 Å². The van der Waals surface area contributed by atoms with Gasteiger partial charge in [0.1, 0.15) is 0 Å². The molecular weight excluding hydrogens is 214 g/mol. The van der Waals surface area contributed by atoms with Gasteiger partial charge in [0, 0.05) is 18.0 Å². The molecule has 1 saturated carbocycles. The second-order valence-electron chi connectivity index (χ2n) is 4.61. The second-order valence-corrected chi connectivity index (χ2v) is 4.61. The van der Waals surface area contributed by atoms with Crippen LogP contribution in [0.3, 0.4) is 0 Å². The molecule has 0 spiro atoms. The maximum Gasteiger partial charge on any atom is 0.230 e. The summed E-state index contributed by atoms with van der Waals surface area (Å²) in [6.45, 7) is 0. The number of hydrogen-bond acceptors (Lipinski definition) is 4. The molecule has 0 unspecified atom stereocenters. The monoisotopic (exact) mass is 229 g/mol. The van der Waals surface area contributed by atoms with Crippen molar-refractivity contribution in [2.24, 2.45) is 5.92 Å². The van der Waals surface area contributed by atoms with Gasteiger partial charge in [-0.05, 0) is 18.4 Å². The number of nitrogen functional groups attached to an aromatic ring is 1. The molecule has 0 aliphatic heterocycles. The molecule has 4 nitrogen and oxygen atoms in total. The summed E-state index contributed by atoms with van der Waals surface area (Å²) in [5, 5.41) is 4.09. The summed E-state index contributed by atoms with van der Waals surface area (Å²) >= 11 is 0. The zero-order valence-corrected chi connectivity index (χ0v) is 9.60. The van der Waals surface area contributed by atoms with Gasteiger partial charge in [-0.1, -0.05) is 30.5 Å². The van der Waals surface area contributed by atoms with Crippen LogP contribution in [0, 0.1) is 5.92 Å². The van der Waals surface area contributed by atoms with E-state index < -0.39 is 0 Å². The third-order valence-corrected chi connectivity index (χ3v) is 3.45. The molecule has 17 heavy (non-hydrogen) atoms. The van der Waals surface area contributed by atoms with Crippen LogP contribution in [-0.4, -0.2) is 10.1 Å². The molecular formula is C13H15N3O. The summed E-state index contributed by atoms with van der Waals surface area (Å²) in [6, 6.07) is 3.88. The van der Waals surface area contributed by atoms with E-state index in [-0.39, 0.29) is 0 Å². The topological polar surface area (TPSA) is 64.9 Å². The minimum atomic E-state index is 0.396. The molecule has 0 atom stereocenters. The predicted octanol–water partition coefficient (Wildman–Crippen LogP) is 2.66. The van der Waals surface area contributed by atoms with Gasteiger partial charge in [-0.3, -0.25) is 4.98 Å². The van der Waals surface area contributed by atoms with Crippen molar-refractivity contribution < 1.29 is 4.52 Å². The van der Waals surface area contributed by atoms with E-state index in [2.05, 4.69) is 10.1 Å². The van der Waals surface area contributed by atoms with Gasteiger partial charge in [-0.2, -0.15) is 0 Å². The van der Waals surface area contributed by atoms with Crippen LogP contribution in [0.25, 0.3) is 11.1 Å². The first-order valence-corrected chi connectivity index (χ1v) is 5.99. The second kappa shape index (κ2) is 4.20. The van der Waals surface area contributed by atoms with Gasteiger partial charge in [0.15, 0.2) is 0 Å². The molecule has 88 valence electrons. The molecule has 0 bridgehead atoms. The minimum Gasteiger partial charge on any atom is -0.367 e. The highest BCUT2D eigenvalue weighted by molar-refractivity contribution is 5.74. The molecule has 2 heterocycles. The summed E-state index contributed by atoms with van der Waals surface area (Å²) in [5.74, 6) is 1.14. The lowest BCUT2D eigenvalue weighted by molar-refractivity contribution is 0.306. The van der Waals surface area contributed by atoms with Crippen molar-refractivity contribution in [3.8, 4) is 11.1 Å². The molecule has 0 aromatic carbocycles. The molecule has 0 radical (unpaired) electrons. The first kappa shape index (κ1) is 10.3. The number of nitrogens with two attached hydrogens (primary N) is 1. The number of anilines is 1. The fourth-order valence-corrected chi connectivity index (χ4v) is 2.27. The van der Waals surface area contributed by atoms with Crippen molar-refractivity contribution in [1.29, 1.82) is 0 Å². The smallest absolute Gasteiger partial charge is 0.230 e. The van der Waals surface area contributed by atoms with Crippen LogP contribution in [0.15, 0.2) is 29.0 Å². The largest absolute Gasteiger partial charge is 0.367 e. The first-order valence-electron chi connectivity index (χ1n) is 5.99. The Balaban J connectivity index is 1.94. The molecule has 0 saturated heterocycles. The van der Waals surface area contributed by atoms with E-state index in [4.69, 9.17) is 10.3 Å². The Morgan fingerprint density at radius 1 is 1.41 bits per heavy atom. The van der Waals surface area contributed by atoms with Crippen molar-refractivity contribution in [2.45, 2.75) is 25.7 Å². The van der Waals surface area contributed by atoms with Crippen LogP contribution in [0.1, 0.15) is 25.0 Å². The summed E-state index contributed by atoms with van der Waals surface area (Å²) in [5.41, 5.74) is 8.73. The van der Waals surface area contributed by atoms with Gasteiger partial charge < -0.3 is 10.3 Å². The molecule has 2 N–H and O–H groups in total. The van der Waals surface area contributed by atoms with E-state index in [0.29, 0.717) is 5.88 Å². The first-order chi connectivity index (χ1) is 8.34. The molecule has 4 heteroatoms. The Hall–Kier alpha value is -1.84. The number of aromatic nitrogens is 2. The molecule has 0 amide bonds. The number of rotatable bonds is 3. The number of nitrogens with zero attached hydrogens (tertiary/aromatic N) is 2. The lowest BCUT2D eigenvalue weighted by atomic mass is 9.81. The molecule has 1 aliphatic rings. The zero-order valence-electron chi connectivity index (χ0n) is 9.60. The Morgan fingerprint density at radius 2 is 2.29 bits per heavy atom. The van der Waals surface area contributed by atoms with Gasteiger partial charge >= 0.3 is 0 Å². The van der Waals surface area contributed by atoms with Gasteiger partial charge in [0.25, 0.3) is 0 Å². The molecule has 2 aromatic heterocycles. The van der Waals surface area contributed by atoms with E-state index in [1.807, 2.05) is 12.1 Å². The van der Waals surface area contributed by atoms with Crippen molar-refractivity contribution in [2.75, 3.05) is 5.73 Å². The van der Waals surface area contributed by atoms with Gasteiger partial charge in [-0.15, -0.1) is 0 Å². The van der Waals surface area contributed by atoms with Crippen molar-refractivity contribution >= 4 is 5.88 Å². The molecule has 1 fully saturated rings. The fourth-order valence-electron chi connectivity index (χ4n) is 2.27. The quantitative estimate of drug-likeness (QED) is 0.878. The van der Waals surface area contributed by atoms with Crippen molar-refractivity contribution in [3.05, 3.63) is 30.2 Å². The average Bonchev–Trinajstić information content (AvgIpc) is 2.66. The zero-order chi connectivity index (χ0) is 11.7. The maximum atomic E-state index is 5.85. The standard InChI is InChI=1S/C13H15N3O/c14-13-12(10-5-2-6-15-8-10)11(16-17-13)7-9-3-1-4-9/h2,5-6,8-9H,1,3-4,7,14H2. The SMILES string of the molecule is Nc1onc(CC2CCC2)c1-c1cccnc1. The Kier molecular flexibility index (Phi) is 2.55. The van der Waals surface area contributed by atoms with Crippen LogP contribution in [-0.2, 0) is 6.42 Å². The van der Waals surface area contributed by atoms with E-state index in [1.165, 1.54) is 19.3 Å². The predicted molar refractivity (Wildman–Crippen MR) is 65.2 cm³/mol. The summed E-state index contributed by atoms with van der Waals surface area (Å²) in [7, 11) is 0. The van der Waals surface area contributed by atoms with Crippen LogP contribution in [0.4, 0.5) is 5.88 Å². The Morgan fingerprint density at radius 3 is 2.94 bits per heavy atom. The highest BCUT2D eigenvalue weighted by atomic mass is 16.5. The lowest BCUT2D eigenvalue weighted by Gasteiger charge is -2.24. The van der Waals surface area contributed by atoms with Crippen LogP contribution >= 0.6 is 0 Å². The molecule has 1 aliphatic carbocycles. The minimum absolute atomic E-state index is 0.396. The van der Waals surface area contributed by atoms with E-state index >= 15 is 0 Å². The third kappa shape index (κ3) is 1.90. The van der Waals surface area contributed by atoms with Crippen LogP contribution < -0.4 is 5.73 Å². The highest BCUT2D eigenvalue weighted by Crippen LogP contribution is 2.35. The fraction of sp³-hybridized carbons (Fsp3) is 0.385. The number of pyridine rings is 1. The summed E-state index contributed by atoms with van der Waals surface area (Å²) in [4.78, 5) is 4.11. The Bertz CT molecular complexity index is 503. The van der Waals surface area contributed by atoms with Crippen LogP contribution in [0.2, 0.25) is 0 Å². The number of hydrogen-bond donors (Lipinski definition) is 1. The summed E-state index contributed by atoms with van der Waals surface area (Å²) in [6.07, 6.45) is 8.43.